The first-order valence-corrected chi connectivity index (χ1v) is 6.47. The molecule has 1 aromatic heterocycles. The highest BCUT2D eigenvalue weighted by Gasteiger charge is 2.40. The summed E-state index contributed by atoms with van der Waals surface area (Å²) < 4.78 is 66.3. The minimum absolute atomic E-state index is 0.297. The first-order valence-electron chi connectivity index (χ1n) is 6.47. The van der Waals surface area contributed by atoms with E-state index in [4.69, 9.17) is 11.0 Å². The quantitative estimate of drug-likeness (QED) is 0.512. The van der Waals surface area contributed by atoms with E-state index >= 15 is 0 Å². The van der Waals surface area contributed by atoms with Gasteiger partial charge in [0.15, 0.2) is 0 Å². The second-order valence-electron chi connectivity index (χ2n) is 4.93. The van der Waals surface area contributed by atoms with E-state index in [2.05, 4.69) is 5.10 Å². The molecule has 1 aromatic carbocycles. The molecule has 0 aliphatic heterocycles. The van der Waals surface area contributed by atoms with Crippen molar-refractivity contribution in [2.75, 3.05) is 5.73 Å². The molecule has 0 aliphatic carbocycles. The van der Waals surface area contributed by atoms with Gasteiger partial charge >= 0.3 is 11.9 Å². The molecule has 0 saturated heterocycles. The minimum Gasteiger partial charge on any atom is -0.383 e. The van der Waals surface area contributed by atoms with Crippen LogP contribution in [0.5, 0.6) is 0 Å². The van der Waals surface area contributed by atoms with Crippen LogP contribution >= 0.6 is 0 Å². The van der Waals surface area contributed by atoms with Crippen molar-refractivity contribution in [2.24, 2.45) is 0 Å². The Kier molecular flexibility index (Phi) is 4.35. The van der Waals surface area contributed by atoms with Gasteiger partial charge in [0.2, 0.25) is 11.6 Å². The average molecular weight is 361 g/mol. The van der Waals surface area contributed by atoms with E-state index in [1.807, 2.05) is 0 Å². The van der Waals surface area contributed by atoms with Gasteiger partial charge in [0.25, 0.3) is 0 Å². The van der Waals surface area contributed by atoms with Crippen LogP contribution in [0.1, 0.15) is 18.5 Å². The molecule has 0 aliphatic rings. The molecular formula is C13H8F5N5O2. The number of rotatable bonds is 3. The molecule has 2 aromatic rings. The summed E-state index contributed by atoms with van der Waals surface area (Å²) >= 11 is 0. The fourth-order valence-electron chi connectivity index (χ4n) is 2.07. The Morgan fingerprint density at radius 2 is 1.88 bits per heavy atom. The van der Waals surface area contributed by atoms with Crippen molar-refractivity contribution < 1.29 is 26.9 Å². The van der Waals surface area contributed by atoms with Crippen molar-refractivity contribution in [1.29, 1.82) is 5.26 Å². The van der Waals surface area contributed by atoms with Crippen LogP contribution in [0.25, 0.3) is 11.3 Å². The Bertz CT molecular complexity index is 876. The third kappa shape index (κ3) is 3.08. The van der Waals surface area contributed by atoms with Crippen LogP contribution in [0.4, 0.5) is 33.5 Å². The van der Waals surface area contributed by atoms with E-state index in [9.17, 15) is 32.1 Å². The van der Waals surface area contributed by atoms with Crippen LogP contribution in [0.3, 0.4) is 0 Å². The number of benzene rings is 1. The third-order valence-electron chi connectivity index (χ3n) is 3.37. The van der Waals surface area contributed by atoms with Gasteiger partial charge in [0, 0.05) is 5.56 Å². The molecular weight excluding hydrogens is 353 g/mol. The summed E-state index contributed by atoms with van der Waals surface area (Å²) in [5.74, 6) is -3.79. The van der Waals surface area contributed by atoms with E-state index in [1.54, 1.807) is 0 Å². The largest absolute Gasteiger partial charge is 0.410 e. The highest BCUT2D eigenvalue weighted by atomic mass is 19.4. The summed E-state index contributed by atoms with van der Waals surface area (Å²) in [4.78, 5) is 9.29. The van der Waals surface area contributed by atoms with Gasteiger partial charge in [0.05, 0.1) is 4.92 Å². The minimum atomic E-state index is -4.74. The van der Waals surface area contributed by atoms with Crippen molar-refractivity contribution in [2.45, 2.75) is 19.1 Å². The smallest absolute Gasteiger partial charge is 0.383 e. The third-order valence-corrected chi connectivity index (χ3v) is 3.37. The molecule has 12 heteroatoms. The molecule has 132 valence electrons. The zero-order valence-corrected chi connectivity index (χ0v) is 12.3. The molecule has 1 unspecified atom stereocenters. The van der Waals surface area contributed by atoms with Crippen molar-refractivity contribution in [3.8, 4) is 17.3 Å². The SMILES string of the molecule is CC(n1nc(-c2cc(F)c([N+](=O)[O-])c(F)c2)c(C#N)c1N)C(F)(F)F. The molecule has 2 N–H and O–H groups in total. The lowest BCUT2D eigenvalue weighted by Crippen LogP contribution is -2.25. The summed E-state index contributed by atoms with van der Waals surface area (Å²) in [6, 6.07) is 0.289. The Labute approximate surface area is 136 Å². The number of halogens is 5. The molecule has 2 rings (SSSR count). The van der Waals surface area contributed by atoms with Gasteiger partial charge in [-0.1, -0.05) is 0 Å². The Morgan fingerprint density at radius 3 is 2.28 bits per heavy atom. The van der Waals surface area contributed by atoms with Crippen LogP contribution in [-0.4, -0.2) is 20.9 Å². The van der Waals surface area contributed by atoms with Gasteiger partial charge in [-0.15, -0.1) is 0 Å². The highest BCUT2D eigenvalue weighted by Crippen LogP contribution is 2.36. The number of hydrogen-bond donors (Lipinski definition) is 1. The molecule has 0 bridgehead atoms. The lowest BCUT2D eigenvalue weighted by atomic mass is 10.1. The Hall–Kier alpha value is -3.23. The number of anilines is 1. The number of nitriles is 1. The number of nitrogens with zero attached hydrogens (tertiary/aromatic N) is 4. The number of alkyl halides is 3. The lowest BCUT2D eigenvalue weighted by Gasteiger charge is -2.16. The van der Waals surface area contributed by atoms with Gasteiger partial charge in [0.1, 0.15) is 29.2 Å². The van der Waals surface area contributed by atoms with Crippen molar-refractivity contribution >= 4 is 11.5 Å². The van der Waals surface area contributed by atoms with Crippen molar-refractivity contribution in [3.63, 3.8) is 0 Å². The number of nitrogens with two attached hydrogens (primary N) is 1. The topological polar surface area (TPSA) is 111 Å². The van der Waals surface area contributed by atoms with Gasteiger partial charge < -0.3 is 5.73 Å². The molecule has 1 atom stereocenters. The number of hydrogen-bond acceptors (Lipinski definition) is 5. The number of nitro groups is 1. The van der Waals surface area contributed by atoms with E-state index in [-0.39, 0.29) is 0 Å². The molecule has 1 heterocycles. The number of nitrogen functional groups attached to an aromatic ring is 1. The first kappa shape index (κ1) is 18.1. The van der Waals surface area contributed by atoms with E-state index < -0.39 is 57.1 Å². The number of aromatic nitrogens is 2. The van der Waals surface area contributed by atoms with Gasteiger partial charge in [-0.2, -0.15) is 32.3 Å². The maximum absolute atomic E-state index is 13.7. The predicted octanol–water partition coefficient (Wildman–Crippen LogP) is 3.31. The molecule has 0 fully saturated rings. The summed E-state index contributed by atoms with van der Waals surface area (Å²) in [5.41, 5.74) is 2.53. The van der Waals surface area contributed by atoms with E-state index in [0.29, 0.717) is 16.8 Å². The normalized spacial score (nSPS) is 12.7. The van der Waals surface area contributed by atoms with Crippen LogP contribution in [-0.2, 0) is 0 Å². The van der Waals surface area contributed by atoms with E-state index in [1.165, 1.54) is 6.07 Å². The summed E-state index contributed by atoms with van der Waals surface area (Å²) in [5, 5.41) is 23.2. The number of nitro benzene ring substituents is 1. The van der Waals surface area contributed by atoms with Crippen LogP contribution < -0.4 is 5.73 Å². The maximum atomic E-state index is 13.7. The fraction of sp³-hybridized carbons (Fsp3) is 0.231. The second-order valence-corrected chi connectivity index (χ2v) is 4.93. The second kappa shape index (κ2) is 6.00. The molecule has 25 heavy (non-hydrogen) atoms. The zero-order chi connectivity index (χ0) is 19.1. The molecule has 0 amide bonds. The lowest BCUT2D eigenvalue weighted by molar-refractivity contribution is -0.390. The van der Waals surface area contributed by atoms with Crippen molar-refractivity contribution in [1.82, 2.24) is 9.78 Å². The maximum Gasteiger partial charge on any atom is 0.410 e. The predicted molar refractivity (Wildman–Crippen MR) is 74.1 cm³/mol. The van der Waals surface area contributed by atoms with Crippen LogP contribution in [0.2, 0.25) is 0 Å². The van der Waals surface area contributed by atoms with Crippen LogP contribution in [0, 0.1) is 33.1 Å². The zero-order valence-electron chi connectivity index (χ0n) is 12.3. The summed E-state index contributed by atoms with van der Waals surface area (Å²) in [6.45, 7) is 0.727. The first-order chi connectivity index (χ1) is 11.5. The Balaban J connectivity index is 2.69. The van der Waals surface area contributed by atoms with Gasteiger partial charge in [-0.25, -0.2) is 4.68 Å². The highest BCUT2D eigenvalue weighted by molar-refractivity contribution is 5.73. The van der Waals surface area contributed by atoms with Crippen LogP contribution in [0.15, 0.2) is 12.1 Å². The molecule has 7 nitrogen and oxygen atoms in total. The summed E-state index contributed by atoms with van der Waals surface area (Å²) in [7, 11) is 0. The molecule has 0 saturated carbocycles. The van der Waals surface area contributed by atoms with E-state index in [0.717, 1.165) is 6.92 Å². The standard InChI is InChI=1S/C13H8F5N5O2/c1-5(13(16,17)18)22-12(20)7(4-19)10(21-22)6-2-8(14)11(23(24)25)9(15)3-6/h2-3,5H,20H2,1H3. The van der Waals surface area contributed by atoms with Gasteiger partial charge in [-0.3, -0.25) is 10.1 Å². The Morgan fingerprint density at radius 1 is 1.36 bits per heavy atom. The van der Waals surface area contributed by atoms with Crippen molar-refractivity contribution in [3.05, 3.63) is 39.4 Å². The fourth-order valence-corrected chi connectivity index (χ4v) is 2.07. The molecule has 0 radical (unpaired) electrons. The van der Waals surface area contributed by atoms with Gasteiger partial charge in [-0.05, 0) is 19.1 Å². The monoisotopic (exact) mass is 361 g/mol. The average Bonchev–Trinajstić information content (AvgIpc) is 2.80. The molecule has 0 spiro atoms. The summed E-state index contributed by atoms with van der Waals surface area (Å²) in [6.07, 6.45) is -4.74.